The lowest BCUT2D eigenvalue weighted by atomic mass is 10.2. The van der Waals surface area contributed by atoms with Crippen molar-refractivity contribution >= 4 is 15.9 Å². The van der Waals surface area contributed by atoms with Crippen LogP contribution < -0.4 is 10.1 Å². The highest BCUT2D eigenvalue weighted by molar-refractivity contribution is 9.10. The first kappa shape index (κ1) is 15.0. The van der Waals surface area contributed by atoms with E-state index in [9.17, 15) is 0 Å². The van der Waals surface area contributed by atoms with Crippen LogP contribution in [0, 0.1) is 0 Å². The molecule has 0 atom stereocenters. The van der Waals surface area contributed by atoms with E-state index in [1.165, 1.54) is 0 Å². The highest BCUT2D eigenvalue weighted by Gasteiger charge is 2.11. The van der Waals surface area contributed by atoms with Crippen LogP contribution in [0.3, 0.4) is 0 Å². The predicted molar refractivity (Wildman–Crippen MR) is 79.8 cm³/mol. The van der Waals surface area contributed by atoms with Gasteiger partial charge in [0, 0.05) is 24.7 Å². The molecular formula is C14H17BrN2O3. The molecule has 0 aliphatic carbocycles. The minimum absolute atomic E-state index is 0.569. The van der Waals surface area contributed by atoms with Gasteiger partial charge in [-0.15, -0.1) is 0 Å². The summed E-state index contributed by atoms with van der Waals surface area (Å²) in [7, 11) is 3.31. The third-order valence-corrected chi connectivity index (χ3v) is 3.44. The molecule has 0 fully saturated rings. The largest absolute Gasteiger partial charge is 0.497 e. The van der Waals surface area contributed by atoms with E-state index in [-0.39, 0.29) is 0 Å². The maximum absolute atomic E-state index is 5.52. The van der Waals surface area contributed by atoms with Gasteiger partial charge in [0.15, 0.2) is 0 Å². The Hall–Kier alpha value is -1.37. The zero-order chi connectivity index (χ0) is 14.4. The molecule has 1 aromatic carbocycles. The van der Waals surface area contributed by atoms with Crippen molar-refractivity contribution in [3.63, 3.8) is 0 Å². The van der Waals surface area contributed by atoms with Gasteiger partial charge in [0.25, 0.3) is 0 Å². The first-order valence-corrected chi connectivity index (χ1v) is 7.02. The lowest BCUT2D eigenvalue weighted by Crippen LogP contribution is -2.18. The molecule has 0 spiro atoms. The summed E-state index contributed by atoms with van der Waals surface area (Å²) in [6.07, 6.45) is 1.65. The van der Waals surface area contributed by atoms with E-state index >= 15 is 0 Å². The van der Waals surface area contributed by atoms with Crippen LogP contribution in [-0.2, 0) is 11.3 Å². The van der Waals surface area contributed by atoms with Gasteiger partial charge < -0.3 is 19.2 Å². The van der Waals surface area contributed by atoms with Crippen molar-refractivity contribution in [3.05, 3.63) is 34.6 Å². The molecular weight excluding hydrogens is 324 g/mol. The molecule has 0 saturated carbocycles. The first-order chi connectivity index (χ1) is 9.74. The molecule has 20 heavy (non-hydrogen) atoms. The SMILES string of the molecule is COCCNCc1coc(-c2cc(OC)ccc2Br)n1. The minimum atomic E-state index is 0.569. The van der Waals surface area contributed by atoms with Gasteiger partial charge in [-0.25, -0.2) is 4.98 Å². The second kappa shape index (κ2) is 7.42. The van der Waals surface area contributed by atoms with Crippen molar-refractivity contribution in [2.45, 2.75) is 6.54 Å². The van der Waals surface area contributed by atoms with Gasteiger partial charge in [0.2, 0.25) is 5.89 Å². The Morgan fingerprint density at radius 1 is 1.35 bits per heavy atom. The summed E-state index contributed by atoms with van der Waals surface area (Å²) in [5.74, 6) is 1.33. The molecule has 0 unspecified atom stereocenters. The molecule has 5 nitrogen and oxygen atoms in total. The summed E-state index contributed by atoms with van der Waals surface area (Å²) in [6.45, 7) is 2.10. The number of hydrogen-bond acceptors (Lipinski definition) is 5. The molecule has 0 bridgehead atoms. The number of oxazole rings is 1. The number of benzene rings is 1. The number of hydrogen-bond donors (Lipinski definition) is 1. The molecule has 1 aromatic heterocycles. The third kappa shape index (κ3) is 3.82. The predicted octanol–water partition coefficient (Wildman–Crippen LogP) is 2.85. The summed E-state index contributed by atoms with van der Waals surface area (Å²) >= 11 is 3.49. The van der Waals surface area contributed by atoms with E-state index in [1.54, 1.807) is 20.5 Å². The Morgan fingerprint density at radius 2 is 2.20 bits per heavy atom. The highest BCUT2D eigenvalue weighted by Crippen LogP contribution is 2.31. The standard InChI is InChI=1S/C14H17BrN2O3/c1-18-6-5-16-8-10-9-20-14(17-10)12-7-11(19-2)3-4-13(12)15/h3-4,7,9,16H,5-6,8H2,1-2H3. The van der Waals surface area contributed by atoms with Crippen LogP contribution in [0.15, 0.2) is 33.4 Å². The smallest absolute Gasteiger partial charge is 0.227 e. The van der Waals surface area contributed by atoms with E-state index in [1.807, 2.05) is 18.2 Å². The highest BCUT2D eigenvalue weighted by atomic mass is 79.9. The van der Waals surface area contributed by atoms with E-state index in [0.29, 0.717) is 19.0 Å². The second-order valence-corrected chi connectivity index (χ2v) is 5.01. The Kier molecular flexibility index (Phi) is 5.58. The van der Waals surface area contributed by atoms with Gasteiger partial charge in [-0.1, -0.05) is 0 Å². The second-order valence-electron chi connectivity index (χ2n) is 4.16. The van der Waals surface area contributed by atoms with E-state index in [0.717, 1.165) is 28.0 Å². The number of halogens is 1. The monoisotopic (exact) mass is 340 g/mol. The Bertz CT molecular complexity index is 557. The van der Waals surface area contributed by atoms with Crippen molar-refractivity contribution in [2.75, 3.05) is 27.4 Å². The van der Waals surface area contributed by atoms with Crippen LogP contribution in [0.4, 0.5) is 0 Å². The summed E-state index contributed by atoms with van der Waals surface area (Å²) in [5, 5.41) is 3.22. The van der Waals surface area contributed by atoms with Crippen molar-refractivity contribution < 1.29 is 13.9 Å². The van der Waals surface area contributed by atoms with Gasteiger partial charge in [-0.2, -0.15) is 0 Å². The average molecular weight is 341 g/mol. The molecule has 0 radical (unpaired) electrons. The zero-order valence-electron chi connectivity index (χ0n) is 11.5. The molecule has 0 saturated heterocycles. The van der Waals surface area contributed by atoms with Crippen LogP contribution in [0.25, 0.3) is 11.5 Å². The molecule has 6 heteroatoms. The zero-order valence-corrected chi connectivity index (χ0v) is 13.1. The Labute approximate surface area is 126 Å². The summed E-state index contributed by atoms with van der Waals surface area (Å²) in [4.78, 5) is 4.46. The van der Waals surface area contributed by atoms with Crippen LogP contribution in [0.1, 0.15) is 5.69 Å². The molecule has 0 aliphatic heterocycles. The summed E-state index contributed by atoms with van der Waals surface area (Å²) in [5.41, 5.74) is 1.72. The molecule has 1 N–H and O–H groups in total. The molecule has 2 aromatic rings. The Balaban J connectivity index is 2.08. The van der Waals surface area contributed by atoms with E-state index < -0.39 is 0 Å². The molecule has 108 valence electrons. The summed E-state index contributed by atoms with van der Waals surface area (Å²) in [6, 6.07) is 5.68. The maximum Gasteiger partial charge on any atom is 0.227 e. The lowest BCUT2D eigenvalue weighted by Gasteiger charge is -2.03. The van der Waals surface area contributed by atoms with Crippen LogP contribution in [0.5, 0.6) is 5.75 Å². The maximum atomic E-state index is 5.52. The number of aromatic nitrogens is 1. The van der Waals surface area contributed by atoms with Crippen molar-refractivity contribution in [3.8, 4) is 17.2 Å². The lowest BCUT2D eigenvalue weighted by molar-refractivity contribution is 0.199. The fraction of sp³-hybridized carbons (Fsp3) is 0.357. The molecule has 1 heterocycles. The van der Waals surface area contributed by atoms with Crippen LogP contribution in [-0.4, -0.2) is 32.4 Å². The third-order valence-electron chi connectivity index (χ3n) is 2.74. The van der Waals surface area contributed by atoms with Gasteiger partial charge >= 0.3 is 0 Å². The fourth-order valence-corrected chi connectivity index (χ4v) is 2.11. The number of nitrogens with zero attached hydrogens (tertiary/aromatic N) is 1. The van der Waals surface area contributed by atoms with Gasteiger partial charge in [-0.3, -0.25) is 0 Å². The average Bonchev–Trinajstić information content (AvgIpc) is 2.93. The van der Waals surface area contributed by atoms with Crippen molar-refractivity contribution in [1.82, 2.24) is 10.3 Å². The van der Waals surface area contributed by atoms with E-state index in [2.05, 4.69) is 26.2 Å². The number of ether oxygens (including phenoxy) is 2. The Morgan fingerprint density at radius 3 is 2.95 bits per heavy atom. The number of methoxy groups -OCH3 is 2. The topological polar surface area (TPSA) is 56.5 Å². The quantitative estimate of drug-likeness (QED) is 0.785. The van der Waals surface area contributed by atoms with Crippen molar-refractivity contribution in [1.29, 1.82) is 0 Å². The van der Waals surface area contributed by atoms with Crippen LogP contribution in [0.2, 0.25) is 0 Å². The minimum Gasteiger partial charge on any atom is -0.497 e. The summed E-state index contributed by atoms with van der Waals surface area (Å²) < 4.78 is 16.6. The van der Waals surface area contributed by atoms with Gasteiger partial charge in [0.1, 0.15) is 12.0 Å². The number of rotatable bonds is 7. The normalized spacial score (nSPS) is 10.8. The molecule has 0 aliphatic rings. The van der Waals surface area contributed by atoms with Gasteiger partial charge in [-0.05, 0) is 34.1 Å². The fourth-order valence-electron chi connectivity index (χ4n) is 1.70. The van der Waals surface area contributed by atoms with Gasteiger partial charge in [0.05, 0.1) is 25.0 Å². The first-order valence-electron chi connectivity index (χ1n) is 6.22. The van der Waals surface area contributed by atoms with E-state index in [4.69, 9.17) is 13.9 Å². The van der Waals surface area contributed by atoms with Crippen molar-refractivity contribution in [2.24, 2.45) is 0 Å². The van der Waals surface area contributed by atoms with Crippen LogP contribution >= 0.6 is 15.9 Å². The molecule has 0 amide bonds. The number of nitrogens with one attached hydrogen (secondary N) is 1. The molecule has 2 rings (SSSR count).